The summed E-state index contributed by atoms with van der Waals surface area (Å²) in [6.45, 7) is 11.5. The number of phenolic OH excluding ortho intramolecular Hbond substituents is 1. The molecular weight excluding hydrogens is 469 g/mol. The molecule has 1 saturated heterocycles. The lowest BCUT2D eigenvalue weighted by Gasteiger charge is -2.21. The average molecular weight is 505 g/mol. The van der Waals surface area contributed by atoms with Gasteiger partial charge in [-0.15, -0.1) is 24.0 Å². The zero-order chi connectivity index (χ0) is 19.5. The van der Waals surface area contributed by atoms with Gasteiger partial charge in [0.1, 0.15) is 5.75 Å². The first-order chi connectivity index (χ1) is 13.1. The lowest BCUT2D eigenvalue weighted by Crippen LogP contribution is -2.38. The predicted molar refractivity (Wildman–Crippen MR) is 125 cm³/mol. The zero-order valence-corrected chi connectivity index (χ0v) is 19.8. The van der Waals surface area contributed by atoms with E-state index in [2.05, 4.69) is 22.5 Å². The highest BCUT2D eigenvalue weighted by Crippen LogP contribution is 2.23. The number of hydrogen-bond donors (Lipinski definition) is 3. The van der Waals surface area contributed by atoms with Gasteiger partial charge in [-0.2, -0.15) is 0 Å². The van der Waals surface area contributed by atoms with Crippen molar-refractivity contribution in [3.8, 4) is 5.75 Å². The van der Waals surface area contributed by atoms with Crippen LogP contribution in [-0.2, 0) is 16.0 Å². The predicted octanol–water partition coefficient (Wildman–Crippen LogP) is 3.52. The fourth-order valence-electron chi connectivity index (χ4n) is 3.19. The average Bonchev–Trinajstić information content (AvgIpc) is 2.67. The molecule has 1 fully saturated rings. The third-order valence-electron chi connectivity index (χ3n) is 4.77. The van der Waals surface area contributed by atoms with Crippen molar-refractivity contribution < 1.29 is 14.6 Å². The van der Waals surface area contributed by atoms with Crippen LogP contribution in [0, 0.1) is 19.8 Å². The summed E-state index contributed by atoms with van der Waals surface area (Å²) in [5, 5.41) is 16.5. The van der Waals surface area contributed by atoms with Crippen molar-refractivity contribution in [2.45, 2.75) is 46.6 Å². The summed E-state index contributed by atoms with van der Waals surface area (Å²) in [6.07, 6.45) is 3.18. The largest absolute Gasteiger partial charge is 0.507 e. The van der Waals surface area contributed by atoms with Crippen molar-refractivity contribution in [1.82, 2.24) is 10.6 Å². The number of aliphatic imine (C=N–C) groups is 1. The van der Waals surface area contributed by atoms with Crippen LogP contribution in [0.15, 0.2) is 17.1 Å². The highest BCUT2D eigenvalue weighted by molar-refractivity contribution is 14.0. The maximum absolute atomic E-state index is 9.88. The first-order valence-corrected chi connectivity index (χ1v) is 10.1. The second-order valence-corrected chi connectivity index (χ2v) is 7.18. The van der Waals surface area contributed by atoms with Gasteiger partial charge in [-0.3, -0.25) is 0 Å². The van der Waals surface area contributed by atoms with Gasteiger partial charge in [0.25, 0.3) is 0 Å². The van der Waals surface area contributed by atoms with E-state index in [4.69, 9.17) is 9.47 Å². The molecule has 6 nitrogen and oxygen atoms in total. The Morgan fingerprint density at radius 3 is 2.54 bits per heavy atom. The van der Waals surface area contributed by atoms with Crippen molar-refractivity contribution in [3.63, 3.8) is 0 Å². The first kappa shape index (κ1) is 25.0. The Balaban J connectivity index is 0.00000392. The Kier molecular flexibility index (Phi) is 12.5. The van der Waals surface area contributed by atoms with Gasteiger partial charge in [0, 0.05) is 39.5 Å². The molecule has 160 valence electrons. The molecule has 0 bridgehead atoms. The highest BCUT2D eigenvalue weighted by Gasteiger charge is 2.13. The van der Waals surface area contributed by atoms with Crippen LogP contribution in [0.5, 0.6) is 5.75 Å². The van der Waals surface area contributed by atoms with Crippen molar-refractivity contribution >= 4 is 29.9 Å². The van der Waals surface area contributed by atoms with Gasteiger partial charge < -0.3 is 25.2 Å². The Bertz CT molecular complexity index is 582. The molecule has 28 heavy (non-hydrogen) atoms. The summed E-state index contributed by atoms with van der Waals surface area (Å²) < 4.78 is 11.2. The molecule has 0 radical (unpaired) electrons. The zero-order valence-electron chi connectivity index (χ0n) is 17.4. The van der Waals surface area contributed by atoms with Crippen LogP contribution in [0.1, 0.15) is 42.9 Å². The van der Waals surface area contributed by atoms with Gasteiger partial charge in [-0.05, 0) is 62.6 Å². The molecule has 0 spiro atoms. The SMILES string of the molecule is CCNC(=NCc1cc(C)c(O)c(C)c1)NCCCOCC1CCOCC1.I. The Hall–Kier alpha value is -1.06. The number of halogens is 1. The minimum atomic E-state index is 0. The van der Waals surface area contributed by atoms with Crippen LogP contribution < -0.4 is 10.6 Å². The fourth-order valence-corrected chi connectivity index (χ4v) is 3.19. The van der Waals surface area contributed by atoms with Crippen LogP contribution in [-0.4, -0.2) is 50.6 Å². The van der Waals surface area contributed by atoms with E-state index in [1.54, 1.807) is 0 Å². The summed E-state index contributed by atoms with van der Waals surface area (Å²) in [7, 11) is 0. The lowest BCUT2D eigenvalue weighted by atomic mass is 10.0. The monoisotopic (exact) mass is 505 g/mol. The molecule has 0 aromatic heterocycles. The number of ether oxygens (including phenoxy) is 2. The van der Waals surface area contributed by atoms with Gasteiger partial charge in [-0.25, -0.2) is 4.99 Å². The van der Waals surface area contributed by atoms with E-state index in [-0.39, 0.29) is 24.0 Å². The van der Waals surface area contributed by atoms with E-state index in [9.17, 15) is 5.11 Å². The van der Waals surface area contributed by atoms with E-state index in [1.165, 1.54) is 0 Å². The Labute approximate surface area is 186 Å². The van der Waals surface area contributed by atoms with E-state index in [0.717, 1.165) is 81.4 Å². The third-order valence-corrected chi connectivity index (χ3v) is 4.77. The smallest absolute Gasteiger partial charge is 0.191 e. The fraction of sp³-hybridized carbons (Fsp3) is 0.667. The number of nitrogens with zero attached hydrogens (tertiary/aromatic N) is 1. The molecule has 1 aromatic carbocycles. The van der Waals surface area contributed by atoms with Gasteiger partial charge in [0.2, 0.25) is 0 Å². The van der Waals surface area contributed by atoms with Gasteiger partial charge in [0.15, 0.2) is 5.96 Å². The summed E-state index contributed by atoms with van der Waals surface area (Å²) in [4.78, 5) is 4.64. The number of nitrogens with one attached hydrogen (secondary N) is 2. The number of rotatable bonds is 9. The minimum absolute atomic E-state index is 0. The van der Waals surface area contributed by atoms with E-state index < -0.39 is 0 Å². The highest BCUT2D eigenvalue weighted by atomic mass is 127. The van der Waals surface area contributed by atoms with Gasteiger partial charge >= 0.3 is 0 Å². The van der Waals surface area contributed by atoms with E-state index in [0.29, 0.717) is 18.2 Å². The Morgan fingerprint density at radius 1 is 1.21 bits per heavy atom. The number of benzene rings is 1. The summed E-state index contributed by atoms with van der Waals surface area (Å²) in [6, 6.07) is 3.97. The number of aromatic hydroxyl groups is 1. The molecule has 1 aliphatic heterocycles. The van der Waals surface area contributed by atoms with Crippen LogP contribution >= 0.6 is 24.0 Å². The van der Waals surface area contributed by atoms with Crippen molar-refractivity contribution in [2.24, 2.45) is 10.9 Å². The maximum atomic E-state index is 9.88. The number of phenols is 1. The summed E-state index contributed by atoms with van der Waals surface area (Å²) in [5.41, 5.74) is 2.87. The molecule has 7 heteroatoms. The lowest BCUT2D eigenvalue weighted by molar-refractivity contribution is 0.0203. The maximum Gasteiger partial charge on any atom is 0.191 e. The number of hydrogen-bond acceptors (Lipinski definition) is 4. The van der Waals surface area contributed by atoms with Crippen molar-refractivity contribution in [3.05, 3.63) is 28.8 Å². The molecule has 0 aliphatic carbocycles. The topological polar surface area (TPSA) is 75.1 Å². The van der Waals surface area contributed by atoms with Crippen LogP contribution in [0.2, 0.25) is 0 Å². The molecule has 0 atom stereocenters. The number of guanidine groups is 1. The first-order valence-electron chi connectivity index (χ1n) is 10.1. The third kappa shape index (κ3) is 8.96. The molecule has 0 unspecified atom stereocenters. The van der Waals surface area contributed by atoms with Crippen LogP contribution in [0.25, 0.3) is 0 Å². The van der Waals surface area contributed by atoms with Gasteiger partial charge in [-0.1, -0.05) is 12.1 Å². The minimum Gasteiger partial charge on any atom is -0.507 e. The van der Waals surface area contributed by atoms with E-state index >= 15 is 0 Å². The second kappa shape index (κ2) is 14.0. The summed E-state index contributed by atoms with van der Waals surface area (Å²) in [5.74, 6) is 1.83. The Morgan fingerprint density at radius 2 is 1.89 bits per heavy atom. The molecule has 1 aliphatic rings. The molecular formula is C21H36IN3O3. The summed E-state index contributed by atoms with van der Waals surface area (Å²) >= 11 is 0. The molecule has 2 rings (SSSR count). The second-order valence-electron chi connectivity index (χ2n) is 7.18. The van der Waals surface area contributed by atoms with Crippen LogP contribution in [0.4, 0.5) is 0 Å². The molecule has 0 saturated carbocycles. The van der Waals surface area contributed by atoms with Crippen molar-refractivity contribution in [2.75, 3.05) is 39.5 Å². The quantitative estimate of drug-likeness (QED) is 0.207. The molecule has 3 N–H and O–H groups in total. The normalized spacial score (nSPS) is 15.2. The molecule has 1 heterocycles. The molecule has 0 amide bonds. The van der Waals surface area contributed by atoms with Gasteiger partial charge in [0.05, 0.1) is 6.54 Å². The molecule has 1 aromatic rings. The van der Waals surface area contributed by atoms with Crippen LogP contribution in [0.3, 0.4) is 0 Å². The standard InChI is InChI=1S/C21H35N3O3.HI/c1-4-22-21(24-14-19-12-16(2)20(25)17(3)13-19)23-8-5-9-27-15-18-6-10-26-11-7-18;/h12-13,18,25H,4-11,14-15H2,1-3H3,(H2,22,23,24);1H. The number of aryl methyl sites for hydroxylation is 2. The van der Waals surface area contributed by atoms with E-state index in [1.807, 2.05) is 26.0 Å². The van der Waals surface area contributed by atoms with Crippen molar-refractivity contribution in [1.29, 1.82) is 0 Å².